The van der Waals surface area contributed by atoms with Gasteiger partial charge in [-0.1, -0.05) is 53.1 Å². The first kappa shape index (κ1) is 19.6. The number of thioether (sulfide) groups is 2. The molecule has 4 rings (SSSR count). The fourth-order valence-corrected chi connectivity index (χ4v) is 4.45. The maximum absolute atomic E-state index is 12.5. The van der Waals surface area contributed by atoms with E-state index in [9.17, 15) is 9.59 Å². The monoisotopic (exact) mass is 445 g/mol. The van der Waals surface area contributed by atoms with E-state index >= 15 is 0 Å². The molecule has 3 aromatic heterocycles. The van der Waals surface area contributed by atoms with E-state index in [1.807, 2.05) is 36.6 Å². The van der Waals surface area contributed by atoms with Crippen LogP contribution in [0, 0.1) is 0 Å². The molecule has 0 aliphatic heterocycles. The molecule has 0 aliphatic rings. The van der Waals surface area contributed by atoms with Crippen molar-refractivity contribution in [2.24, 2.45) is 0 Å². The molecule has 0 saturated carbocycles. The summed E-state index contributed by atoms with van der Waals surface area (Å²) in [7, 11) is 0. The van der Waals surface area contributed by atoms with Crippen LogP contribution in [-0.4, -0.2) is 47.4 Å². The molecule has 1 unspecified atom stereocenters. The van der Waals surface area contributed by atoms with Gasteiger partial charge >= 0.3 is 0 Å². The van der Waals surface area contributed by atoms with Gasteiger partial charge in [0.1, 0.15) is 5.39 Å². The average Bonchev–Trinajstić information content (AvgIpc) is 3.35. The van der Waals surface area contributed by atoms with Crippen LogP contribution in [0.25, 0.3) is 16.7 Å². The Hall–Kier alpha value is -2.70. The number of aromatic amines is 1. The predicted octanol–water partition coefficient (Wildman–Crippen LogP) is 2.80. The van der Waals surface area contributed by atoms with Gasteiger partial charge in [-0.15, -0.1) is 10.2 Å². The number of H-pyrrole nitrogens is 1. The van der Waals surface area contributed by atoms with Gasteiger partial charge in [0.25, 0.3) is 5.56 Å². The van der Waals surface area contributed by atoms with E-state index < -0.39 is 5.25 Å². The van der Waals surface area contributed by atoms with E-state index in [1.165, 1.54) is 29.3 Å². The molecule has 1 amide bonds. The first-order chi connectivity index (χ1) is 14.0. The van der Waals surface area contributed by atoms with Crippen LogP contribution in [0.15, 0.2) is 50.8 Å². The fraction of sp³-hybridized carbons (Fsp3) is 0.176. The molecule has 0 saturated heterocycles. The minimum absolute atomic E-state index is 0.252. The van der Waals surface area contributed by atoms with Crippen molar-refractivity contribution in [3.05, 3.63) is 46.9 Å². The molecule has 1 atom stereocenters. The number of fused-ring (bicyclic) bond motifs is 1. The quantitative estimate of drug-likeness (QED) is 0.264. The number of anilines is 1. The van der Waals surface area contributed by atoms with Crippen molar-refractivity contribution in [3.63, 3.8) is 0 Å². The van der Waals surface area contributed by atoms with Gasteiger partial charge in [0.2, 0.25) is 11.0 Å². The Bertz CT molecular complexity index is 1220. The summed E-state index contributed by atoms with van der Waals surface area (Å²) in [6.45, 7) is 1.73. The highest BCUT2D eigenvalue weighted by Crippen LogP contribution is 2.25. The number of hydrogen-bond acceptors (Lipinski definition) is 9. The van der Waals surface area contributed by atoms with E-state index in [1.54, 1.807) is 11.6 Å². The highest BCUT2D eigenvalue weighted by molar-refractivity contribution is 8.00. The Morgan fingerprint density at radius 1 is 1.28 bits per heavy atom. The lowest BCUT2D eigenvalue weighted by atomic mass is 10.3. The predicted molar refractivity (Wildman–Crippen MR) is 115 cm³/mol. The van der Waals surface area contributed by atoms with Crippen LogP contribution in [0.1, 0.15) is 6.92 Å². The Kier molecular flexibility index (Phi) is 5.65. The van der Waals surface area contributed by atoms with E-state index in [-0.39, 0.29) is 11.5 Å². The van der Waals surface area contributed by atoms with Crippen LogP contribution < -0.4 is 10.9 Å². The summed E-state index contributed by atoms with van der Waals surface area (Å²) in [5, 5.41) is 15.5. The largest absolute Gasteiger partial charge is 0.301 e. The molecule has 4 aromatic rings. The third-order valence-electron chi connectivity index (χ3n) is 3.89. The second-order valence-corrected chi connectivity index (χ2v) is 9.19. The zero-order valence-corrected chi connectivity index (χ0v) is 17.8. The van der Waals surface area contributed by atoms with Gasteiger partial charge in [-0.3, -0.25) is 14.9 Å². The SMILES string of the molecule is CSc1nnc(NC(=O)C(C)Sc2nc3c(cnn3-c3ccccc3)c(=O)[nH]2)s1. The highest BCUT2D eigenvalue weighted by atomic mass is 32.2. The molecule has 0 fully saturated rings. The van der Waals surface area contributed by atoms with Gasteiger partial charge in [-0.2, -0.15) is 5.10 Å². The van der Waals surface area contributed by atoms with Crippen LogP contribution in [0.5, 0.6) is 0 Å². The third kappa shape index (κ3) is 4.18. The van der Waals surface area contributed by atoms with E-state index in [0.717, 1.165) is 21.8 Å². The lowest BCUT2D eigenvalue weighted by Crippen LogP contribution is -2.23. The average molecular weight is 446 g/mol. The number of para-hydroxylation sites is 1. The van der Waals surface area contributed by atoms with Gasteiger partial charge < -0.3 is 4.98 Å². The smallest absolute Gasteiger partial charge is 0.262 e. The molecule has 12 heteroatoms. The Balaban J connectivity index is 1.57. The molecule has 0 aliphatic carbocycles. The molecule has 148 valence electrons. The lowest BCUT2D eigenvalue weighted by Gasteiger charge is -2.09. The van der Waals surface area contributed by atoms with Gasteiger partial charge in [0, 0.05) is 0 Å². The second kappa shape index (κ2) is 8.35. The summed E-state index contributed by atoms with van der Waals surface area (Å²) >= 11 is 3.92. The zero-order valence-electron chi connectivity index (χ0n) is 15.3. The topological polar surface area (TPSA) is 118 Å². The highest BCUT2D eigenvalue weighted by Gasteiger charge is 2.19. The molecular formula is C17H15N7O2S3. The Morgan fingerprint density at radius 3 is 2.79 bits per heavy atom. The van der Waals surface area contributed by atoms with Crippen LogP contribution >= 0.6 is 34.9 Å². The molecule has 0 spiro atoms. The summed E-state index contributed by atoms with van der Waals surface area (Å²) in [6, 6.07) is 9.42. The Labute approximate surface area is 177 Å². The van der Waals surface area contributed by atoms with Crippen molar-refractivity contribution in [3.8, 4) is 5.69 Å². The summed E-state index contributed by atoms with van der Waals surface area (Å²) < 4.78 is 2.37. The van der Waals surface area contributed by atoms with E-state index in [2.05, 4.69) is 30.6 Å². The van der Waals surface area contributed by atoms with Gasteiger partial charge in [-0.05, 0) is 25.3 Å². The van der Waals surface area contributed by atoms with Crippen molar-refractivity contribution in [2.45, 2.75) is 21.7 Å². The molecule has 29 heavy (non-hydrogen) atoms. The van der Waals surface area contributed by atoms with E-state index in [4.69, 9.17) is 0 Å². The molecule has 2 N–H and O–H groups in total. The van der Waals surface area contributed by atoms with Crippen molar-refractivity contribution in [2.75, 3.05) is 11.6 Å². The summed E-state index contributed by atoms with van der Waals surface area (Å²) in [5.41, 5.74) is 0.924. The molecule has 3 heterocycles. The normalized spacial score (nSPS) is 12.2. The van der Waals surface area contributed by atoms with Crippen molar-refractivity contribution < 1.29 is 4.79 Å². The molecule has 0 bridgehead atoms. The maximum atomic E-state index is 12.5. The number of nitrogens with one attached hydrogen (secondary N) is 2. The van der Waals surface area contributed by atoms with Crippen LogP contribution in [0.3, 0.4) is 0 Å². The maximum Gasteiger partial charge on any atom is 0.262 e. The molecule has 0 radical (unpaired) electrons. The lowest BCUT2D eigenvalue weighted by molar-refractivity contribution is -0.115. The standard InChI is InChI=1S/C17H15N7O2S3/c1-9(13(25)20-16-22-23-17(27-2)29-16)28-15-19-12-11(14(26)21-15)8-18-24(12)10-6-4-3-5-7-10/h3-9H,1-2H3,(H,19,21,26)(H,20,22,25). The summed E-state index contributed by atoms with van der Waals surface area (Å²) in [6.07, 6.45) is 3.38. The minimum atomic E-state index is -0.509. The number of nitrogens with zero attached hydrogens (tertiary/aromatic N) is 5. The van der Waals surface area contributed by atoms with Crippen molar-refractivity contribution in [1.82, 2.24) is 29.9 Å². The number of carbonyl (C=O) groups excluding carboxylic acids is 1. The number of aromatic nitrogens is 6. The van der Waals surface area contributed by atoms with Gasteiger partial charge in [-0.25, -0.2) is 9.67 Å². The van der Waals surface area contributed by atoms with Gasteiger partial charge in [0.15, 0.2) is 15.1 Å². The number of benzene rings is 1. The molecular weight excluding hydrogens is 430 g/mol. The van der Waals surface area contributed by atoms with Crippen molar-refractivity contribution >= 4 is 56.9 Å². The van der Waals surface area contributed by atoms with Crippen molar-refractivity contribution in [1.29, 1.82) is 0 Å². The van der Waals surface area contributed by atoms with Gasteiger partial charge in [0.05, 0.1) is 17.1 Å². The van der Waals surface area contributed by atoms with Crippen LogP contribution in [0.2, 0.25) is 0 Å². The third-order valence-corrected chi connectivity index (χ3v) is 6.68. The number of amides is 1. The molecule has 9 nitrogen and oxygen atoms in total. The number of carbonyl (C=O) groups is 1. The first-order valence-electron chi connectivity index (χ1n) is 8.43. The minimum Gasteiger partial charge on any atom is -0.301 e. The first-order valence-corrected chi connectivity index (χ1v) is 11.4. The number of rotatable bonds is 6. The second-order valence-electron chi connectivity index (χ2n) is 5.83. The van der Waals surface area contributed by atoms with E-state index in [0.29, 0.717) is 21.3 Å². The number of hydrogen-bond donors (Lipinski definition) is 2. The summed E-state index contributed by atoms with van der Waals surface area (Å²) in [5.74, 6) is -0.252. The zero-order chi connectivity index (χ0) is 20.4. The molecule has 1 aromatic carbocycles. The van der Waals surface area contributed by atoms with Crippen LogP contribution in [-0.2, 0) is 4.79 Å². The Morgan fingerprint density at radius 2 is 2.07 bits per heavy atom. The fourth-order valence-electron chi connectivity index (χ4n) is 2.48. The summed E-state index contributed by atoms with van der Waals surface area (Å²) in [4.78, 5) is 32.1. The van der Waals surface area contributed by atoms with Crippen LogP contribution in [0.4, 0.5) is 5.13 Å².